The molecule has 0 spiro atoms. The lowest BCUT2D eigenvalue weighted by molar-refractivity contribution is 0.000697. The maximum atomic E-state index is 9.05. The molecule has 1 N–H and O–H groups in total. The van der Waals surface area contributed by atoms with E-state index >= 15 is 0 Å². The van der Waals surface area contributed by atoms with Crippen molar-refractivity contribution < 1.29 is 4.74 Å². The van der Waals surface area contributed by atoms with Gasteiger partial charge in [-0.2, -0.15) is 5.26 Å². The zero-order valence-electron chi connectivity index (χ0n) is 11.0. The van der Waals surface area contributed by atoms with Crippen LogP contribution in [0.4, 0.5) is 5.69 Å². The number of benzene rings is 1. The Balaban J connectivity index is 2.73. The maximum absolute atomic E-state index is 9.05. The van der Waals surface area contributed by atoms with Crippen molar-refractivity contribution in [2.24, 2.45) is 0 Å². The van der Waals surface area contributed by atoms with Gasteiger partial charge >= 0.3 is 0 Å². The van der Waals surface area contributed by atoms with Crippen LogP contribution in [0.5, 0.6) is 0 Å². The highest BCUT2D eigenvalue weighted by molar-refractivity contribution is 5.58. The van der Waals surface area contributed by atoms with Crippen LogP contribution in [-0.4, -0.2) is 18.8 Å². The van der Waals surface area contributed by atoms with Gasteiger partial charge in [-0.15, -0.1) is 0 Å². The molecule has 92 valence electrons. The quantitative estimate of drug-likeness (QED) is 0.848. The fraction of sp³-hybridized carbons (Fsp3) is 0.500. The molecule has 0 bridgehead atoms. The molecule has 0 atom stereocenters. The Labute approximate surface area is 103 Å². The third kappa shape index (κ3) is 4.08. The van der Waals surface area contributed by atoms with Gasteiger partial charge in [-0.25, -0.2) is 0 Å². The summed E-state index contributed by atoms with van der Waals surface area (Å²) in [5, 5.41) is 12.3. The summed E-state index contributed by atoms with van der Waals surface area (Å²) in [6.45, 7) is 9.39. The summed E-state index contributed by atoms with van der Waals surface area (Å²) in [6, 6.07) is 8.02. The summed E-state index contributed by atoms with van der Waals surface area (Å²) >= 11 is 0. The summed E-state index contributed by atoms with van der Waals surface area (Å²) in [5.41, 5.74) is 2.41. The van der Waals surface area contributed by atoms with E-state index in [0.29, 0.717) is 18.7 Å². The first-order chi connectivity index (χ1) is 7.98. The summed E-state index contributed by atoms with van der Waals surface area (Å²) in [4.78, 5) is 0. The molecule has 17 heavy (non-hydrogen) atoms. The van der Waals surface area contributed by atoms with Crippen LogP contribution >= 0.6 is 0 Å². The van der Waals surface area contributed by atoms with Crippen LogP contribution in [0.15, 0.2) is 18.2 Å². The third-order valence-electron chi connectivity index (χ3n) is 2.54. The lowest BCUT2D eigenvalue weighted by atomic mass is 10.1. The van der Waals surface area contributed by atoms with E-state index in [-0.39, 0.29) is 5.60 Å². The first kappa shape index (κ1) is 13.5. The Kier molecular flexibility index (Phi) is 4.53. The number of rotatable bonds is 5. The normalized spacial score (nSPS) is 11.0. The van der Waals surface area contributed by atoms with Crippen molar-refractivity contribution in [3.63, 3.8) is 0 Å². The van der Waals surface area contributed by atoms with E-state index in [4.69, 9.17) is 10.00 Å². The third-order valence-corrected chi connectivity index (χ3v) is 2.54. The zero-order valence-corrected chi connectivity index (χ0v) is 11.0. The molecule has 3 nitrogen and oxygen atoms in total. The van der Waals surface area contributed by atoms with E-state index in [9.17, 15) is 0 Å². The highest BCUT2D eigenvalue weighted by atomic mass is 16.5. The van der Waals surface area contributed by atoms with Crippen molar-refractivity contribution in [1.29, 1.82) is 5.26 Å². The highest BCUT2D eigenvalue weighted by Crippen LogP contribution is 2.18. The monoisotopic (exact) mass is 232 g/mol. The van der Waals surface area contributed by atoms with Gasteiger partial charge in [0.25, 0.3) is 0 Å². The van der Waals surface area contributed by atoms with Crippen LogP contribution in [0.3, 0.4) is 0 Å². The van der Waals surface area contributed by atoms with Gasteiger partial charge in [0, 0.05) is 13.2 Å². The average Bonchev–Trinajstić information content (AvgIpc) is 2.27. The molecule has 0 saturated heterocycles. The van der Waals surface area contributed by atoms with Crippen molar-refractivity contribution >= 4 is 5.69 Å². The predicted octanol–water partition coefficient (Wildman–Crippen LogP) is 3.09. The second-order valence-corrected chi connectivity index (χ2v) is 4.71. The Morgan fingerprint density at radius 2 is 2.12 bits per heavy atom. The number of nitriles is 1. The molecule has 1 aromatic rings. The summed E-state index contributed by atoms with van der Waals surface area (Å²) in [5.74, 6) is 0. The molecule has 0 amide bonds. The van der Waals surface area contributed by atoms with Crippen LogP contribution in [0.1, 0.15) is 31.9 Å². The Hall–Kier alpha value is -1.53. The molecule has 0 aromatic heterocycles. The van der Waals surface area contributed by atoms with E-state index in [2.05, 4.69) is 11.4 Å². The first-order valence-electron chi connectivity index (χ1n) is 5.87. The van der Waals surface area contributed by atoms with Gasteiger partial charge in [0.15, 0.2) is 0 Å². The smallest absolute Gasteiger partial charge is 0.101 e. The minimum absolute atomic E-state index is 0.230. The highest BCUT2D eigenvalue weighted by Gasteiger charge is 2.17. The molecule has 0 aliphatic carbocycles. The lowest BCUT2D eigenvalue weighted by Crippen LogP contribution is -2.33. The number of hydrogen-bond donors (Lipinski definition) is 1. The van der Waals surface area contributed by atoms with E-state index < -0.39 is 0 Å². The molecule has 0 radical (unpaired) electrons. The van der Waals surface area contributed by atoms with Crippen LogP contribution in [0.2, 0.25) is 0 Å². The molecule has 0 saturated carbocycles. The second-order valence-electron chi connectivity index (χ2n) is 4.71. The van der Waals surface area contributed by atoms with Crippen molar-refractivity contribution in [3.05, 3.63) is 29.3 Å². The molecule has 3 heteroatoms. The Bertz CT molecular complexity index is 419. The van der Waals surface area contributed by atoms with Crippen molar-refractivity contribution in [1.82, 2.24) is 0 Å². The van der Waals surface area contributed by atoms with Gasteiger partial charge in [-0.1, -0.05) is 6.07 Å². The summed E-state index contributed by atoms with van der Waals surface area (Å²) in [6.07, 6.45) is 0. The second kappa shape index (κ2) is 5.70. The topological polar surface area (TPSA) is 45.0 Å². The SMILES string of the molecule is CCOC(C)(C)CNc1ccc(C)cc1C#N. The lowest BCUT2D eigenvalue weighted by Gasteiger charge is -2.25. The number of anilines is 1. The minimum Gasteiger partial charge on any atom is -0.381 e. The fourth-order valence-electron chi connectivity index (χ4n) is 1.65. The van der Waals surface area contributed by atoms with Gasteiger partial charge in [-0.3, -0.25) is 0 Å². The molecular formula is C14H20N2O. The fourth-order valence-corrected chi connectivity index (χ4v) is 1.65. The van der Waals surface area contributed by atoms with Crippen molar-refractivity contribution in [2.75, 3.05) is 18.5 Å². The van der Waals surface area contributed by atoms with E-state index in [1.807, 2.05) is 45.9 Å². The van der Waals surface area contributed by atoms with Crippen LogP contribution in [0, 0.1) is 18.3 Å². The van der Waals surface area contributed by atoms with Gasteiger partial charge in [0.2, 0.25) is 0 Å². The molecule has 0 aliphatic heterocycles. The number of nitrogens with one attached hydrogen (secondary N) is 1. The van der Waals surface area contributed by atoms with Crippen molar-refractivity contribution in [2.45, 2.75) is 33.3 Å². The summed E-state index contributed by atoms with van der Waals surface area (Å²) in [7, 11) is 0. The molecular weight excluding hydrogens is 212 g/mol. The van der Waals surface area contributed by atoms with Gasteiger partial charge < -0.3 is 10.1 Å². The molecule has 1 rings (SSSR count). The number of ether oxygens (including phenoxy) is 1. The van der Waals surface area contributed by atoms with E-state index in [1.165, 1.54) is 0 Å². The standard InChI is InChI=1S/C14H20N2O/c1-5-17-14(3,4)10-16-13-7-6-11(2)8-12(13)9-15/h6-8,16H,5,10H2,1-4H3. The maximum Gasteiger partial charge on any atom is 0.101 e. The minimum atomic E-state index is -0.230. The number of aryl methyl sites for hydroxylation is 1. The molecule has 0 aliphatic rings. The van der Waals surface area contributed by atoms with E-state index in [0.717, 1.165) is 11.3 Å². The first-order valence-corrected chi connectivity index (χ1v) is 5.87. The van der Waals surface area contributed by atoms with Gasteiger partial charge in [0.05, 0.1) is 16.9 Å². The van der Waals surface area contributed by atoms with Crippen molar-refractivity contribution in [3.8, 4) is 6.07 Å². The van der Waals surface area contributed by atoms with Gasteiger partial charge in [0.1, 0.15) is 6.07 Å². The molecule has 1 aromatic carbocycles. The summed E-state index contributed by atoms with van der Waals surface area (Å²) < 4.78 is 5.60. The van der Waals surface area contributed by atoms with E-state index in [1.54, 1.807) is 0 Å². The van der Waals surface area contributed by atoms with Gasteiger partial charge in [-0.05, 0) is 45.4 Å². The number of hydrogen-bond acceptors (Lipinski definition) is 3. The predicted molar refractivity (Wildman–Crippen MR) is 70.1 cm³/mol. The molecule has 0 unspecified atom stereocenters. The zero-order chi connectivity index (χ0) is 12.9. The Morgan fingerprint density at radius 3 is 2.71 bits per heavy atom. The van der Waals surface area contributed by atoms with Crippen LogP contribution in [0.25, 0.3) is 0 Å². The Morgan fingerprint density at radius 1 is 1.41 bits per heavy atom. The average molecular weight is 232 g/mol. The molecule has 0 heterocycles. The van der Waals surface area contributed by atoms with Crippen LogP contribution in [-0.2, 0) is 4.74 Å². The number of nitrogens with zero attached hydrogens (tertiary/aromatic N) is 1. The molecule has 0 fully saturated rings. The van der Waals surface area contributed by atoms with Crippen LogP contribution < -0.4 is 5.32 Å². The largest absolute Gasteiger partial charge is 0.381 e.